The van der Waals surface area contributed by atoms with Gasteiger partial charge in [0.25, 0.3) is 11.8 Å². The number of benzene rings is 2. The van der Waals surface area contributed by atoms with E-state index in [2.05, 4.69) is 10.6 Å². The maximum Gasteiger partial charge on any atom is 0.262 e. The molecule has 2 aromatic carbocycles. The minimum absolute atomic E-state index is 0.125. The molecule has 0 fully saturated rings. The van der Waals surface area contributed by atoms with Gasteiger partial charge in [0.1, 0.15) is 5.82 Å². The number of hydrogen-bond donors (Lipinski definition) is 2. The van der Waals surface area contributed by atoms with Crippen LogP contribution < -0.4 is 15.4 Å². The molecule has 112 valence electrons. The van der Waals surface area contributed by atoms with Crippen LogP contribution in [0.3, 0.4) is 0 Å². The number of carbonyl (C=O) groups is 2. The van der Waals surface area contributed by atoms with Crippen molar-refractivity contribution in [1.29, 1.82) is 0 Å². The Hall–Kier alpha value is -2.60. The Balaban J connectivity index is 1.94. The number of ether oxygens (including phenoxy) is 1. The number of rotatable bonds is 2. The van der Waals surface area contributed by atoms with Gasteiger partial charge in [-0.05, 0) is 12.1 Å². The van der Waals surface area contributed by atoms with Crippen LogP contribution in [0, 0.1) is 5.82 Å². The van der Waals surface area contributed by atoms with Crippen LogP contribution >= 0.6 is 11.6 Å². The van der Waals surface area contributed by atoms with Crippen molar-refractivity contribution < 1.29 is 18.7 Å². The van der Waals surface area contributed by atoms with Gasteiger partial charge >= 0.3 is 0 Å². The average Bonchev–Trinajstić information content (AvgIpc) is 2.46. The molecule has 1 aliphatic heterocycles. The first kappa shape index (κ1) is 14.3. The van der Waals surface area contributed by atoms with Crippen LogP contribution in [-0.2, 0) is 4.79 Å². The molecule has 0 saturated heterocycles. The molecule has 0 aliphatic carbocycles. The van der Waals surface area contributed by atoms with Crippen LogP contribution in [0.15, 0.2) is 36.4 Å². The van der Waals surface area contributed by atoms with Gasteiger partial charge in [0, 0.05) is 12.1 Å². The largest absolute Gasteiger partial charge is 0.479 e. The van der Waals surface area contributed by atoms with Crippen molar-refractivity contribution in [3.05, 3.63) is 52.8 Å². The standard InChI is InChI=1S/C15H10ClFN2O3/c16-10-4-2-1-3-9(10)15(21)19-12-6-8(17)5-11-14(12)22-7-13(20)18-11/h1-6H,7H2,(H,18,20)(H,19,21). The van der Waals surface area contributed by atoms with E-state index >= 15 is 0 Å². The molecule has 0 radical (unpaired) electrons. The number of amides is 2. The molecule has 0 bridgehead atoms. The molecule has 0 aromatic heterocycles. The molecule has 1 heterocycles. The number of nitrogens with one attached hydrogen (secondary N) is 2. The average molecular weight is 321 g/mol. The molecule has 22 heavy (non-hydrogen) atoms. The third-order valence-electron chi connectivity index (χ3n) is 3.04. The van der Waals surface area contributed by atoms with E-state index in [1.54, 1.807) is 24.3 Å². The Morgan fingerprint density at radius 1 is 1.32 bits per heavy atom. The lowest BCUT2D eigenvalue weighted by molar-refractivity contribution is -0.118. The molecule has 0 unspecified atom stereocenters. The quantitative estimate of drug-likeness (QED) is 0.893. The van der Waals surface area contributed by atoms with Crippen LogP contribution in [0.4, 0.5) is 15.8 Å². The van der Waals surface area contributed by atoms with E-state index in [1.807, 2.05) is 0 Å². The fourth-order valence-corrected chi connectivity index (χ4v) is 2.32. The Bertz CT molecular complexity index is 779. The highest BCUT2D eigenvalue weighted by atomic mass is 35.5. The summed E-state index contributed by atoms with van der Waals surface area (Å²) in [6.07, 6.45) is 0. The third kappa shape index (κ3) is 2.73. The molecule has 0 atom stereocenters. The molecule has 7 heteroatoms. The predicted octanol–water partition coefficient (Wildman–Crippen LogP) is 3.06. The number of fused-ring (bicyclic) bond motifs is 1. The van der Waals surface area contributed by atoms with Gasteiger partial charge in [-0.2, -0.15) is 0 Å². The molecule has 3 rings (SSSR count). The number of hydrogen-bond acceptors (Lipinski definition) is 3. The van der Waals surface area contributed by atoms with Gasteiger partial charge in [0.05, 0.1) is 22.0 Å². The topological polar surface area (TPSA) is 67.4 Å². The molecular weight excluding hydrogens is 311 g/mol. The van der Waals surface area contributed by atoms with Crippen molar-refractivity contribution >= 4 is 34.8 Å². The molecule has 0 spiro atoms. The zero-order valence-corrected chi connectivity index (χ0v) is 11.9. The van der Waals surface area contributed by atoms with E-state index in [-0.39, 0.29) is 40.2 Å². The van der Waals surface area contributed by atoms with E-state index in [0.29, 0.717) is 0 Å². The van der Waals surface area contributed by atoms with Gasteiger partial charge in [0.2, 0.25) is 0 Å². The molecule has 2 N–H and O–H groups in total. The molecule has 2 amide bonds. The summed E-state index contributed by atoms with van der Waals surface area (Å²) in [4.78, 5) is 23.5. The summed E-state index contributed by atoms with van der Waals surface area (Å²) in [5, 5.41) is 5.30. The summed E-state index contributed by atoms with van der Waals surface area (Å²) in [6.45, 7) is -0.201. The number of carbonyl (C=O) groups excluding carboxylic acids is 2. The lowest BCUT2D eigenvalue weighted by atomic mass is 10.2. The first-order valence-corrected chi connectivity index (χ1v) is 6.74. The Kier molecular flexibility index (Phi) is 3.68. The second kappa shape index (κ2) is 5.65. The first-order chi connectivity index (χ1) is 10.5. The third-order valence-corrected chi connectivity index (χ3v) is 3.37. The van der Waals surface area contributed by atoms with Gasteiger partial charge in [-0.1, -0.05) is 23.7 Å². The van der Waals surface area contributed by atoms with E-state index in [0.717, 1.165) is 12.1 Å². The Labute approximate surface area is 130 Å². The normalized spacial score (nSPS) is 12.9. The van der Waals surface area contributed by atoms with Crippen molar-refractivity contribution in [1.82, 2.24) is 0 Å². The predicted molar refractivity (Wildman–Crippen MR) is 79.9 cm³/mol. The summed E-state index contributed by atoms with van der Waals surface area (Å²) in [6, 6.07) is 8.73. The second-order valence-electron chi connectivity index (χ2n) is 4.60. The lowest BCUT2D eigenvalue weighted by Crippen LogP contribution is -2.26. The Morgan fingerprint density at radius 3 is 2.86 bits per heavy atom. The van der Waals surface area contributed by atoms with Gasteiger partial charge in [-0.25, -0.2) is 4.39 Å². The number of anilines is 2. The fraction of sp³-hybridized carbons (Fsp3) is 0.0667. The van der Waals surface area contributed by atoms with Crippen molar-refractivity contribution in [2.24, 2.45) is 0 Å². The Morgan fingerprint density at radius 2 is 2.09 bits per heavy atom. The van der Waals surface area contributed by atoms with Crippen LogP contribution in [0.1, 0.15) is 10.4 Å². The van der Waals surface area contributed by atoms with Gasteiger partial charge in [-0.15, -0.1) is 0 Å². The minimum atomic E-state index is -0.612. The van der Waals surface area contributed by atoms with Crippen molar-refractivity contribution in [2.75, 3.05) is 17.2 Å². The van der Waals surface area contributed by atoms with Gasteiger partial charge in [0.15, 0.2) is 12.4 Å². The molecule has 2 aromatic rings. The van der Waals surface area contributed by atoms with Crippen molar-refractivity contribution in [3.63, 3.8) is 0 Å². The van der Waals surface area contributed by atoms with E-state index in [1.165, 1.54) is 0 Å². The maximum absolute atomic E-state index is 13.6. The summed E-state index contributed by atoms with van der Waals surface area (Å²) in [7, 11) is 0. The molecular formula is C15H10ClFN2O3. The SMILES string of the molecule is O=C1COc2c(cc(F)cc2NC(=O)c2ccccc2Cl)N1. The highest BCUT2D eigenvalue weighted by Gasteiger charge is 2.22. The van der Waals surface area contributed by atoms with Crippen LogP contribution in [-0.4, -0.2) is 18.4 Å². The smallest absolute Gasteiger partial charge is 0.262 e. The highest BCUT2D eigenvalue weighted by Crippen LogP contribution is 2.37. The molecule has 5 nitrogen and oxygen atoms in total. The second-order valence-corrected chi connectivity index (χ2v) is 5.01. The van der Waals surface area contributed by atoms with Crippen molar-refractivity contribution in [2.45, 2.75) is 0 Å². The lowest BCUT2D eigenvalue weighted by Gasteiger charge is -2.21. The van der Waals surface area contributed by atoms with Crippen LogP contribution in [0.2, 0.25) is 5.02 Å². The van der Waals surface area contributed by atoms with Crippen LogP contribution in [0.25, 0.3) is 0 Å². The van der Waals surface area contributed by atoms with Crippen molar-refractivity contribution in [3.8, 4) is 5.75 Å². The first-order valence-electron chi connectivity index (χ1n) is 6.36. The van der Waals surface area contributed by atoms with Gasteiger partial charge in [-0.3, -0.25) is 9.59 Å². The zero-order chi connectivity index (χ0) is 15.7. The minimum Gasteiger partial charge on any atom is -0.479 e. The molecule has 1 aliphatic rings. The number of halogens is 2. The van der Waals surface area contributed by atoms with Gasteiger partial charge < -0.3 is 15.4 Å². The van der Waals surface area contributed by atoms with E-state index < -0.39 is 11.7 Å². The van der Waals surface area contributed by atoms with E-state index in [9.17, 15) is 14.0 Å². The monoisotopic (exact) mass is 320 g/mol. The summed E-state index contributed by atoms with van der Waals surface area (Å²) < 4.78 is 18.9. The summed E-state index contributed by atoms with van der Waals surface area (Å²) >= 11 is 5.96. The maximum atomic E-state index is 13.6. The van der Waals surface area contributed by atoms with Crippen LogP contribution in [0.5, 0.6) is 5.75 Å². The summed E-state index contributed by atoms with van der Waals surface area (Å²) in [5.74, 6) is -1.29. The summed E-state index contributed by atoms with van der Waals surface area (Å²) in [5.41, 5.74) is 0.549. The molecule has 0 saturated carbocycles. The zero-order valence-electron chi connectivity index (χ0n) is 11.2. The van der Waals surface area contributed by atoms with E-state index in [4.69, 9.17) is 16.3 Å². The fourth-order valence-electron chi connectivity index (χ4n) is 2.09. The highest BCUT2D eigenvalue weighted by molar-refractivity contribution is 6.34.